The maximum absolute atomic E-state index is 5.67. The van der Waals surface area contributed by atoms with Gasteiger partial charge in [0.2, 0.25) is 0 Å². The minimum absolute atomic E-state index is 0. The molecule has 2 fully saturated rings. The van der Waals surface area contributed by atoms with Crippen LogP contribution < -0.4 is 5.32 Å². The second-order valence-electron chi connectivity index (χ2n) is 8.39. The number of rotatable bonds is 4. The van der Waals surface area contributed by atoms with E-state index >= 15 is 0 Å². The first-order chi connectivity index (χ1) is 11.9. The van der Waals surface area contributed by atoms with Crippen LogP contribution in [0.2, 0.25) is 0 Å². The van der Waals surface area contributed by atoms with Crippen LogP contribution in [-0.4, -0.2) is 50.3 Å². The van der Waals surface area contributed by atoms with Crippen LogP contribution >= 0.6 is 24.0 Å². The Morgan fingerprint density at radius 3 is 2.62 bits per heavy atom. The van der Waals surface area contributed by atoms with Crippen molar-refractivity contribution in [2.75, 3.05) is 39.4 Å². The number of hydrogen-bond donors (Lipinski definition) is 1. The molecule has 1 unspecified atom stereocenters. The first-order valence-electron chi connectivity index (χ1n) is 9.62. The number of nitrogens with zero attached hydrogens (tertiary/aromatic N) is 2. The molecule has 1 spiro atoms. The number of ether oxygens (including phenoxy) is 1. The Hall–Kier alpha value is -0.820. The molecule has 1 aromatic carbocycles. The number of likely N-dealkylation sites (tertiary alicyclic amines) is 1. The van der Waals surface area contributed by atoms with E-state index in [9.17, 15) is 0 Å². The average molecular weight is 471 g/mol. The summed E-state index contributed by atoms with van der Waals surface area (Å²) < 4.78 is 5.67. The highest BCUT2D eigenvalue weighted by Crippen LogP contribution is 2.38. The zero-order valence-electron chi connectivity index (χ0n) is 16.7. The minimum atomic E-state index is 0. The van der Waals surface area contributed by atoms with Crippen molar-refractivity contribution >= 4 is 29.9 Å². The van der Waals surface area contributed by atoms with E-state index < -0.39 is 0 Å². The first-order valence-corrected chi connectivity index (χ1v) is 9.62. The Labute approximate surface area is 175 Å². The van der Waals surface area contributed by atoms with Crippen LogP contribution in [-0.2, 0) is 10.2 Å². The van der Waals surface area contributed by atoms with Crippen molar-refractivity contribution in [2.24, 2.45) is 10.4 Å². The normalized spacial score (nSPS) is 23.4. The monoisotopic (exact) mass is 471 g/mol. The fourth-order valence-electron chi connectivity index (χ4n) is 3.88. The molecule has 5 heteroatoms. The summed E-state index contributed by atoms with van der Waals surface area (Å²) in [6.07, 6.45) is 2.41. The Balaban J connectivity index is 0.00000243. The zero-order chi connectivity index (χ0) is 17.9. The second kappa shape index (κ2) is 8.91. The molecule has 0 aromatic heterocycles. The van der Waals surface area contributed by atoms with E-state index in [4.69, 9.17) is 9.73 Å². The molecule has 2 heterocycles. The van der Waals surface area contributed by atoms with E-state index in [2.05, 4.69) is 62.2 Å². The largest absolute Gasteiger partial charge is 0.381 e. The van der Waals surface area contributed by atoms with Crippen molar-refractivity contribution in [3.63, 3.8) is 0 Å². The molecule has 0 saturated carbocycles. The summed E-state index contributed by atoms with van der Waals surface area (Å²) in [6, 6.07) is 8.85. The lowest BCUT2D eigenvalue weighted by Gasteiger charge is -2.27. The van der Waals surface area contributed by atoms with E-state index in [1.54, 1.807) is 0 Å². The van der Waals surface area contributed by atoms with E-state index in [0.717, 1.165) is 45.4 Å². The third-order valence-corrected chi connectivity index (χ3v) is 5.71. The van der Waals surface area contributed by atoms with Gasteiger partial charge >= 0.3 is 0 Å². The van der Waals surface area contributed by atoms with Crippen molar-refractivity contribution in [1.82, 2.24) is 10.2 Å². The lowest BCUT2D eigenvalue weighted by Crippen LogP contribution is -2.42. The zero-order valence-corrected chi connectivity index (χ0v) is 19.0. The molecule has 0 bridgehead atoms. The number of aliphatic imine (C=N–C) groups is 1. The number of guanidine groups is 1. The van der Waals surface area contributed by atoms with E-state index in [-0.39, 0.29) is 29.4 Å². The Morgan fingerprint density at radius 2 is 2.00 bits per heavy atom. The van der Waals surface area contributed by atoms with Crippen molar-refractivity contribution in [3.05, 3.63) is 35.4 Å². The number of hydrogen-bond acceptors (Lipinski definition) is 2. The smallest absolute Gasteiger partial charge is 0.193 e. The molecule has 2 aliphatic heterocycles. The van der Waals surface area contributed by atoms with Gasteiger partial charge in [0, 0.05) is 37.1 Å². The highest BCUT2D eigenvalue weighted by Gasteiger charge is 2.42. The molecule has 1 N–H and O–H groups in total. The SMILES string of the molecule is CCNC(=NCC(C)(C)c1ccc(C)cc1)N1CCC2(CCOC2)C1.I. The van der Waals surface area contributed by atoms with E-state index in [1.165, 1.54) is 24.0 Å². The molecule has 26 heavy (non-hydrogen) atoms. The highest BCUT2D eigenvalue weighted by molar-refractivity contribution is 14.0. The van der Waals surface area contributed by atoms with Gasteiger partial charge in [-0.25, -0.2) is 0 Å². The Bertz CT molecular complexity index is 606. The van der Waals surface area contributed by atoms with Crippen LogP contribution in [0.25, 0.3) is 0 Å². The van der Waals surface area contributed by atoms with Gasteiger partial charge in [-0.1, -0.05) is 43.7 Å². The molecule has 4 nitrogen and oxygen atoms in total. The first kappa shape index (κ1) is 21.5. The molecule has 3 rings (SSSR count). The Kier molecular flexibility index (Phi) is 7.36. The van der Waals surface area contributed by atoms with Gasteiger partial charge in [-0.05, 0) is 32.3 Å². The molecule has 1 aromatic rings. The number of aryl methyl sites for hydroxylation is 1. The third kappa shape index (κ3) is 4.91. The van der Waals surface area contributed by atoms with Crippen molar-refractivity contribution in [3.8, 4) is 0 Å². The predicted molar refractivity (Wildman–Crippen MR) is 120 cm³/mol. The van der Waals surface area contributed by atoms with Gasteiger partial charge in [0.25, 0.3) is 0 Å². The summed E-state index contributed by atoms with van der Waals surface area (Å²) >= 11 is 0. The quantitative estimate of drug-likeness (QED) is 0.410. The van der Waals surface area contributed by atoms with E-state index in [1.807, 2.05) is 0 Å². The average Bonchev–Trinajstić information content (AvgIpc) is 3.22. The Morgan fingerprint density at radius 1 is 1.27 bits per heavy atom. The number of halogens is 1. The van der Waals surface area contributed by atoms with Crippen molar-refractivity contribution in [1.29, 1.82) is 0 Å². The number of nitrogens with one attached hydrogen (secondary N) is 1. The lowest BCUT2D eigenvalue weighted by molar-refractivity contribution is 0.156. The summed E-state index contributed by atoms with van der Waals surface area (Å²) in [7, 11) is 0. The van der Waals surface area contributed by atoms with Gasteiger partial charge in [-0.3, -0.25) is 4.99 Å². The van der Waals surface area contributed by atoms with Gasteiger partial charge in [0.1, 0.15) is 0 Å². The van der Waals surface area contributed by atoms with Crippen LogP contribution in [0.3, 0.4) is 0 Å². The van der Waals surface area contributed by atoms with E-state index in [0.29, 0.717) is 5.41 Å². The molecule has 0 radical (unpaired) electrons. The van der Waals surface area contributed by atoms with Gasteiger partial charge in [0.15, 0.2) is 5.96 Å². The van der Waals surface area contributed by atoms with Crippen LogP contribution in [0, 0.1) is 12.3 Å². The minimum Gasteiger partial charge on any atom is -0.381 e. The van der Waals surface area contributed by atoms with Crippen LogP contribution in [0.15, 0.2) is 29.3 Å². The fraction of sp³-hybridized carbons (Fsp3) is 0.667. The molecule has 0 aliphatic carbocycles. The molecule has 1 atom stereocenters. The van der Waals surface area contributed by atoms with Gasteiger partial charge in [0.05, 0.1) is 13.2 Å². The summed E-state index contributed by atoms with van der Waals surface area (Å²) in [5.41, 5.74) is 3.04. The fourth-order valence-corrected chi connectivity index (χ4v) is 3.88. The number of benzene rings is 1. The lowest BCUT2D eigenvalue weighted by atomic mass is 9.84. The maximum atomic E-state index is 5.67. The predicted octanol–water partition coefficient (Wildman–Crippen LogP) is 3.97. The summed E-state index contributed by atoms with van der Waals surface area (Å²) in [5.74, 6) is 1.06. The molecule has 146 valence electrons. The van der Waals surface area contributed by atoms with Crippen molar-refractivity contribution < 1.29 is 4.74 Å². The van der Waals surface area contributed by atoms with Crippen LogP contribution in [0.4, 0.5) is 0 Å². The second-order valence-corrected chi connectivity index (χ2v) is 8.39. The summed E-state index contributed by atoms with van der Waals surface area (Å²) in [4.78, 5) is 7.45. The van der Waals surface area contributed by atoms with Crippen LogP contribution in [0.1, 0.15) is 44.7 Å². The summed E-state index contributed by atoms with van der Waals surface area (Å²) in [5, 5.41) is 3.50. The molecule has 0 amide bonds. The van der Waals surface area contributed by atoms with Crippen LogP contribution in [0.5, 0.6) is 0 Å². The van der Waals surface area contributed by atoms with Gasteiger partial charge < -0.3 is 15.0 Å². The summed E-state index contributed by atoms with van der Waals surface area (Å²) in [6.45, 7) is 14.5. The third-order valence-electron chi connectivity index (χ3n) is 5.71. The van der Waals surface area contributed by atoms with Gasteiger partial charge in [-0.2, -0.15) is 0 Å². The van der Waals surface area contributed by atoms with Crippen molar-refractivity contribution in [2.45, 2.75) is 46.0 Å². The molecule has 2 aliphatic rings. The highest BCUT2D eigenvalue weighted by atomic mass is 127. The molecule has 2 saturated heterocycles. The topological polar surface area (TPSA) is 36.9 Å². The maximum Gasteiger partial charge on any atom is 0.193 e. The van der Waals surface area contributed by atoms with Gasteiger partial charge in [-0.15, -0.1) is 24.0 Å². The molecular formula is C21H34IN3O. The standard InChI is InChI=1S/C21H33N3O.HI/c1-5-22-19(24-12-10-21(15-24)11-13-25-16-21)23-14-20(3,4)18-8-6-17(2)7-9-18;/h6-9H,5,10-16H2,1-4H3,(H,22,23);1H. The molecular weight excluding hydrogens is 437 g/mol.